The second-order valence-electron chi connectivity index (χ2n) is 7.16. The number of amides is 1. The lowest BCUT2D eigenvalue weighted by atomic mass is 9.97. The highest BCUT2D eigenvalue weighted by atomic mass is 16.5. The molecule has 0 radical (unpaired) electrons. The van der Waals surface area contributed by atoms with Gasteiger partial charge in [0.2, 0.25) is 5.91 Å². The number of carbonyl (C=O) groups excluding carboxylic acids is 2. The largest absolute Gasteiger partial charge is 0.462 e. The van der Waals surface area contributed by atoms with Gasteiger partial charge in [0.1, 0.15) is 12.1 Å². The van der Waals surface area contributed by atoms with E-state index in [-0.39, 0.29) is 24.1 Å². The molecule has 1 fully saturated rings. The molecule has 1 aromatic carbocycles. The Hall–Kier alpha value is -1.92. The molecule has 0 aliphatic carbocycles. The molecule has 4 atom stereocenters. The van der Waals surface area contributed by atoms with Crippen LogP contribution in [0.15, 0.2) is 18.2 Å². The van der Waals surface area contributed by atoms with Crippen LogP contribution in [0.3, 0.4) is 0 Å². The molecule has 138 valence electrons. The SMILES string of the molecule is Cc1ccc(C)c(NC(=O)C2NC(C)C(C)NC2C(=O)OC(C)C)c1. The number of hydrogen-bond acceptors (Lipinski definition) is 5. The Labute approximate surface area is 149 Å². The van der Waals surface area contributed by atoms with E-state index in [0.717, 1.165) is 16.8 Å². The van der Waals surface area contributed by atoms with Crippen molar-refractivity contribution in [3.8, 4) is 0 Å². The predicted octanol–water partition coefficient (Wildman–Crippen LogP) is 1.90. The first-order chi connectivity index (χ1) is 11.7. The van der Waals surface area contributed by atoms with Crippen LogP contribution in [0.1, 0.15) is 38.8 Å². The van der Waals surface area contributed by atoms with Crippen LogP contribution in [0.5, 0.6) is 0 Å². The molecule has 6 nitrogen and oxygen atoms in total. The molecule has 0 bridgehead atoms. The molecule has 6 heteroatoms. The maximum atomic E-state index is 12.9. The number of piperazine rings is 1. The van der Waals surface area contributed by atoms with Crippen LogP contribution in [0.4, 0.5) is 5.69 Å². The van der Waals surface area contributed by atoms with Crippen molar-refractivity contribution in [2.45, 2.75) is 71.8 Å². The van der Waals surface area contributed by atoms with Crippen LogP contribution in [-0.4, -0.2) is 42.1 Å². The van der Waals surface area contributed by atoms with Crippen LogP contribution in [0, 0.1) is 13.8 Å². The molecule has 25 heavy (non-hydrogen) atoms. The molecule has 1 aliphatic rings. The lowest BCUT2D eigenvalue weighted by Crippen LogP contribution is -2.69. The highest BCUT2D eigenvalue weighted by Crippen LogP contribution is 2.18. The van der Waals surface area contributed by atoms with Crippen LogP contribution < -0.4 is 16.0 Å². The van der Waals surface area contributed by atoms with Gasteiger partial charge < -0.3 is 10.1 Å². The van der Waals surface area contributed by atoms with Gasteiger partial charge in [-0.3, -0.25) is 20.2 Å². The van der Waals surface area contributed by atoms with Gasteiger partial charge in [0.05, 0.1) is 6.10 Å². The van der Waals surface area contributed by atoms with Gasteiger partial charge in [-0.2, -0.15) is 0 Å². The zero-order valence-corrected chi connectivity index (χ0v) is 15.8. The molecule has 1 saturated heterocycles. The minimum absolute atomic E-state index is 0.0504. The fraction of sp³-hybridized carbons (Fsp3) is 0.579. The van der Waals surface area contributed by atoms with Gasteiger partial charge in [0.15, 0.2) is 0 Å². The highest BCUT2D eigenvalue weighted by Gasteiger charge is 2.41. The average Bonchev–Trinajstić information content (AvgIpc) is 2.52. The number of benzene rings is 1. The Balaban J connectivity index is 2.20. The molecule has 0 spiro atoms. The topological polar surface area (TPSA) is 79.5 Å². The highest BCUT2D eigenvalue weighted by molar-refractivity contribution is 5.99. The number of nitrogens with one attached hydrogen (secondary N) is 3. The molecule has 2 rings (SSSR count). The quantitative estimate of drug-likeness (QED) is 0.725. The zero-order chi connectivity index (χ0) is 18.7. The number of aryl methyl sites for hydroxylation is 2. The van der Waals surface area contributed by atoms with Gasteiger partial charge in [0, 0.05) is 17.8 Å². The fourth-order valence-electron chi connectivity index (χ4n) is 2.87. The average molecular weight is 347 g/mol. The third kappa shape index (κ3) is 4.80. The summed E-state index contributed by atoms with van der Waals surface area (Å²) < 4.78 is 5.33. The Bertz CT molecular complexity index is 645. The van der Waals surface area contributed by atoms with Gasteiger partial charge in [-0.15, -0.1) is 0 Å². The summed E-state index contributed by atoms with van der Waals surface area (Å²) >= 11 is 0. The van der Waals surface area contributed by atoms with Crippen LogP contribution in [0.25, 0.3) is 0 Å². The summed E-state index contributed by atoms with van der Waals surface area (Å²) in [5, 5.41) is 9.41. The Morgan fingerprint density at radius 2 is 1.68 bits per heavy atom. The fourth-order valence-corrected chi connectivity index (χ4v) is 2.87. The smallest absolute Gasteiger partial charge is 0.325 e. The van der Waals surface area contributed by atoms with E-state index in [1.54, 1.807) is 13.8 Å². The number of esters is 1. The van der Waals surface area contributed by atoms with E-state index >= 15 is 0 Å². The monoisotopic (exact) mass is 347 g/mol. The molecular formula is C19H29N3O3. The van der Waals surface area contributed by atoms with E-state index in [9.17, 15) is 9.59 Å². The lowest BCUT2D eigenvalue weighted by molar-refractivity contribution is -0.153. The van der Waals surface area contributed by atoms with E-state index in [4.69, 9.17) is 4.74 Å². The molecule has 0 aromatic heterocycles. The second kappa shape index (κ2) is 7.97. The summed E-state index contributed by atoms with van der Waals surface area (Å²) in [5.41, 5.74) is 2.80. The predicted molar refractivity (Wildman–Crippen MR) is 98.5 cm³/mol. The normalized spacial score (nSPS) is 26.4. The molecule has 1 heterocycles. The number of carbonyl (C=O) groups is 2. The van der Waals surface area contributed by atoms with Gasteiger partial charge in [-0.05, 0) is 58.7 Å². The van der Waals surface area contributed by atoms with E-state index < -0.39 is 18.1 Å². The summed E-state index contributed by atoms with van der Waals surface area (Å²) in [7, 11) is 0. The Kier molecular flexibility index (Phi) is 6.19. The van der Waals surface area contributed by atoms with Crippen molar-refractivity contribution in [2.75, 3.05) is 5.32 Å². The lowest BCUT2D eigenvalue weighted by Gasteiger charge is -2.39. The number of hydrogen-bond donors (Lipinski definition) is 3. The van der Waals surface area contributed by atoms with Gasteiger partial charge in [-0.1, -0.05) is 12.1 Å². The van der Waals surface area contributed by atoms with Gasteiger partial charge >= 0.3 is 5.97 Å². The first kappa shape index (κ1) is 19.4. The third-order valence-electron chi connectivity index (χ3n) is 4.51. The molecule has 1 aromatic rings. The minimum atomic E-state index is -0.723. The first-order valence-corrected chi connectivity index (χ1v) is 8.79. The van der Waals surface area contributed by atoms with E-state index in [1.165, 1.54) is 0 Å². The van der Waals surface area contributed by atoms with Crippen molar-refractivity contribution in [1.29, 1.82) is 0 Å². The van der Waals surface area contributed by atoms with E-state index in [2.05, 4.69) is 16.0 Å². The van der Waals surface area contributed by atoms with Crippen molar-refractivity contribution in [3.05, 3.63) is 29.3 Å². The Morgan fingerprint density at radius 3 is 2.28 bits per heavy atom. The molecule has 1 amide bonds. The number of ether oxygens (including phenoxy) is 1. The molecule has 0 saturated carbocycles. The summed E-state index contributed by atoms with van der Waals surface area (Å²) in [5.74, 6) is -0.659. The minimum Gasteiger partial charge on any atom is -0.462 e. The summed E-state index contributed by atoms with van der Waals surface area (Å²) in [6.07, 6.45) is -0.230. The summed E-state index contributed by atoms with van der Waals surface area (Å²) in [6.45, 7) is 11.5. The second-order valence-corrected chi connectivity index (χ2v) is 7.16. The van der Waals surface area contributed by atoms with E-state index in [0.29, 0.717) is 0 Å². The third-order valence-corrected chi connectivity index (χ3v) is 4.51. The Morgan fingerprint density at radius 1 is 1.08 bits per heavy atom. The van der Waals surface area contributed by atoms with Crippen molar-refractivity contribution in [3.63, 3.8) is 0 Å². The number of rotatable bonds is 4. The first-order valence-electron chi connectivity index (χ1n) is 8.79. The van der Waals surface area contributed by atoms with Crippen molar-refractivity contribution >= 4 is 17.6 Å². The zero-order valence-electron chi connectivity index (χ0n) is 15.8. The van der Waals surface area contributed by atoms with Crippen LogP contribution in [-0.2, 0) is 14.3 Å². The summed E-state index contributed by atoms with van der Waals surface area (Å²) in [4.78, 5) is 25.3. The molecule has 3 N–H and O–H groups in total. The maximum absolute atomic E-state index is 12.9. The van der Waals surface area contributed by atoms with E-state index in [1.807, 2.05) is 45.9 Å². The molecule has 1 aliphatic heterocycles. The van der Waals surface area contributed by atoms with Crippen LogP contribution >= 0.6 is 0 Å². The molecule has 4 unspecified atom stereocenters. The van der Waals surface area contributed by atoms with Crippen molar-refractivity contribution < 1.29 is 14.3 Å². The number of anilines is 1. The maximum Gasteiger partial charge on any atom is 0.325 e. The standard InChI is InChI=1S/C19H29N3O3/c1-10(2)25-19(24)17-16(20-13(5)14(6)21-17)18(23)22-15-9-11(3)7-8-12(15)4/h7-10,13-14,16-17,20-21H,1-6H3,(H,22,23). The summed E-state index contributed by atoms with van der Waals surface area (Å²) in [6, 6.07) is 4.57. The van der Waals surface area contributed by atoms with Crippen molar-refractivity contribution in [2.24, 2.45) is 0 Å². The van der Waals surface area contributed by atoms with Gasteiger partial charge in [-0.25, -0.2) is 0 Å². The molecular weight excluding hydrogens is 318 g/mol. The van der Waals surface area contributed by atoms with Gasteiger partial charge in [0.25, 0.3) is 0 Å². The van der Waals surface area contributed by atoms with Crippen molar-refractivity contribution in [1.82, 2.24) is 10.6 Å². The van der Waals surface area contributed by atoms with Crippen LogP contribution in [0.2, 0.25) is 0 Å².